The summed E-state index contributed by atoms with van der Waals surface area (Å²) in [5, 5.41) is 32.8. The van der Waals surface area contributed by atoms with Crippen molar-refractivity contribution in [3.63, 3.8) is 0 Å². The second-order valence-corrected chi connectivity index (χ2v) is 11.2. The molecule has 7 nitrogen and oxygen atoms in total. The lowest BCUT2D eigenvalue weighted by Gasteiger charge is -2.34. The lowest BCUT2D eigenvalue weighted by atomic mass is 9.73. The molecule has 2 rings (SSSR count). The molecule has 5 atom stereocenters. The summed E-state index contributed by atoms with van der Waals surface area (Å²) in [5.41, 5.74) is -1.38. The highest BCUT2D eigenvalue weighted by atomic mass is 32.1. The third-order valence-corrected chi connectivity index (χ3v) is 7.73. The molecular formula is C27H36F3NO6S. The first-order valence-electron chi connectivity index (χ1n) is 12.3. The van der Waals surface area contributed by atoms with E-state index in [-0.39, 0.29) is 13.0 Å². The van der Waals surface area contributed by atoms with Crippen molar-refractivity contribution in [2.45, 2.75) is 85.0 Å². The van der Waals surface area contributed by atoms with Gasteiger partial charge in [0, 0.05) is 29.2 Å². The van der Waals surface area contributed by atoms with Crippen LogP contribution >= 0.6 is 11.3 Å². The second-order valence-electron chi connectivity index (χ2n) is 10.2. The number of carbonyl (C=O) groups excluding carboxylic acids is 2. The van der Waals surface area contributed by atoms with Gasteiger partial charge in [-0.1, -0.05) is 45.9 Å². The minimum absolute atomic E-state index is 0.262. The molecule has 11 heteroatoms. The predicted octanol–water partition coefficient (Wildman–Crippen LogP) is 4.77. The first kappa shape index (κ1) is 31.9. The zero-order chi connectivity index (χ0) is 28.8. The normalized spacial score (nSPS) is 30.9. The molecule has 1 aliphatic heterocycles. The minimum Gasteiger partial charge on any atom is -0.457 e. The number of allylic oxidation sites excluding steroid dienone is 2. The maximum atomic E-state index is 13.8. The van der Waals surface area contributed by atoms with Crippen LogP contribution in [-0.2, 0) is 20.9 Å². The fraction of sp³-hybridized carbons (Fsp3) is 0.593. The molecule has 0 aromatic carbocycles. The Kier molecular flexibility index (Phi) is 11.0. The molecule has 38 heavy (non-hydrogen) atoms. The van der Waals surface area contributed by atoms with Gasteiger partial charge in [0.15, 0.2) is 0 Å². The first-order valence-corrected chi connectivity index (χ1v) is 13.2. The molecule has 0 aliphatic carbocycles. The Balaban J connectivity index is 2.50. The van der Waals surface area contributed by atoms with Gasteiger partial charge in [0.25, 0.3) is 0 Å². The van der Waals surface area contributed by atoms with Crippen molar-refractivity contribution in [1.82, 2.24) is 4.98 Å². The van der Waals surface area contributed by atoms with Crippen LogP contribution < -0.4 is 0 Å². The Morgan fingerprint density at radius 2 is 1.92 bits per heavy atom. The van der Waals surface area contributed by atoms with Gasteiger partial charge >= 0.3 is 12.1 Å². The molecule has 0 radical (unpaired) electrons. The fourth-order valence-corrected chi connectivity index (χ4v) is 4.80. The van der Waals surface area contributed by atoms with E-state index in [0.29, 0.717) is 16.3 Å². The Morgan fingerprint density at radius 3 is 2.50 bits per heavy atom. The van der Waals surface area contributed by atoms with Gasteiger partial charge in [-0.25, -0.2) is 4.98 Å². The van der Waals surface area contributed by atoms with Gasteiger partial charge in [0.05, 0.1) is 36.3 Å². The molecule has 0 unspecified atom stereocenters. The number of nitrogens with zero attached hydrogens (tertiary/aromatic N) is 1. The molecule has 212 valence electrons. The number of alkyl halides is 3. The summed E-state index contributed by atoms with van der Waals surface area (Å²) in [6.07, 6.45) is -4.45. The quantitative estimate of drug-likeness (QED) is 0.361. The highest BCUT2D eigenvalue weighted by Crippen LogP contribution is 2.33. The van der Waals surface area contributed by atoms with Crippen LogP contribution in [0.15, 0.2) is 34.8 Å². The summed E-state index contributed by atoms with van der Waals surface area (Å²) < 4.78 is 46.8. The molecule has 0 saturated heterocycles. The van der Waals surface area contributed by atoms with Crippen LogP contribution in [0.3, 0.4) is 0 Å². The van der Waals surface area contributed by atoms with E-state index in [1.807, 2.05) is 0 Å². The number of aliphatic hydroxyl groups excluding tert-OH is 3. The molecule has 1 aromatic heterocycles. The molecule has 1 aliphatic rings. The zero-order valence-corrected chi connectivity index (χ0v) is 23.0. The standard InChI is InChI=1S/C27H36F3NO6S/c1-15-7-6-8-18(27(28,29)30)9-10-20(16(2)11-19-14-38-22(13-32)31-19)37-23(34)12-21(33)26(4,5)25(36)17(3)24(15)35/h6-7,9,11,14-15,17,20-21,24,32-33,35H,8,10,12-13H2,1-5H3/b7-6+,16-11+,18-9+/t15-,17+,20-,21-,24-/m0/s1. The number of hydrogen-bond acceptors (Lipinski definition) is 8. The summed E-state index contributed by atoms with van der Waals surface area (Å²) in [6, 6.07) is 0. The van der Waals surface area contributed by atoms with Crippen molar-refractivity contribution >= 4 is 29.2 Å². The molecular weight excluding hydrogens is 523 g/mol. The van der Waals surface area contributed by atoms with Crippen LogP contribution in [0.1, 0.15) is 64.6 Å². The van der Waals surface area contributed by atoms with Crippen molar-refractivity contribution < 1.29 is 42.8 Å². The number of aliphatic hydroxyl groups is 3. The van der Waals surface area contributed by atoms with Gasteiger partial charge in [0.2, 0.25) is 0 Å². The SMILES string of the molecule is C/C(=C\c1csc(CO)n1)[C@@H]1C/C=C(/C(F)(F)F)C/C=C/[C@H](C)[C@H](O)[C@@H](C)C(=O)C(C)(C)[C@@H](O)CC(=O)O1. The van der Waals surface area contributed by atoms with Crippen molar-refractivity contribution in [3.8, 4) is 0 Å². The van der Waals surface area contributed by atoms with Crippen molar-refractivity contribution in [2.75, 3.05) is 0 Å². The number of esters is 1. The Labute approximate surface area is 224 Å². The van der Waals surface area contributed by atoms with Gasteiger partial charge in [-0.2, -0.15) is 13.2 Å². The van der Waals surface area contributed by atoms with Crippen LogP contribution in [0.5, 0.6) is 0 Å². The maximum absolute atomic E-state index is 13.8. The average molecular weight is 560 g/mol. The van der Waals surface area contributed by atoms with Crippen LogP contribution in [0.4, 0.5) is 13.2 Å². The number of cyclic esters (lactones) is 1. The van der Waals surface area contributed by atoms with E-state index in [9.17, 15) is 38.1 Å². The van der Waals surface area contributed by atoms with Crippen molar-refractivity contribution in [2.24, 2.45) is 17.3 Å². The molecule has 2 heterocycles. The summed E-state index contributed by atoms with van der Waals surface area (Å²) in [4.78, 5) is 30.1. The van der Waals surface area contributed by atoms with E-state index < -0.39 is 71.9 Å². The van der Waals surface area contributed by atoms with Crippen LogP contribution in [-0.4, -0.2) is 56.5 Å². The Morgan fingerprint density at radius 1 is 1.26 bits per heavy atom. The summed E-state index contributed by atoms with van der Waals surface area (Å²) in [6.45, 7) is 7.35. The highest BCUT2D eigenvalue weighted by molar-refractivity contribution is 7.09. The Bertz CT molecular complexity index is 1080. The molecule has 0 amide bonds. The van der Waals surface area contributed by atoms with Crippen LogP contribution in [0.25, 0.3) is 6.08 Å². The first-order chi connectivity index (χ1) is 17.6. The maximum Gasteiger partial charge on any atom is 0.412 e. The number of aromatic nitrogens is 1. The molecule has 0 bridgehead atoms. The minimum atomic E-state index is -4.64. The lowest BCUT2D eigenvalue weighted by Crippen LogP contribution is -2.45. The van der Waals surface area contributed by atoms with E-state index in [1.54, 1.807) is 25.3 Å². The highest BCUT2D eigenvalue weighted by Gasteiger charge is 2.42. The van der Waals surface area contributed by atoms with Crippen LogP contribution in [0, 0.1) is 17.3 Å². The van der Waals surface area contributed by atoms with Gasteiger partial charge in [0.1, 0.15) is 16.9 Å². The third kappa shape index (κ3) is 8.33. The fourth-order valence-electron chi connectivity index (χ4n) is 4.19. The zero-order valence-electron chi connectivity index (χ0n) is 22.2. The van der Waals surface area contributed by atoms with E-state index in [4.69, 9.17) is 4.74 Å². The molecule has 1 aromatic rings. The summed E-state index contributed by atoms with van der Waals surface area (Å²) in [5.74, 6) is -2.94. The van der Waals surface area contributed by atoms with E-state index in [1.165, 1.54) is 44.3 Å². The third-order valence-electron chi connectivity index (χ3n) is 6.87. The largest absolute Gasteiger partial charge is 0.457 e. The number of Topliss-reactive ketones (excluding diaryl/α,β-unsaturated/α-hetero) is 1. The summed E-state index contributed by atoms with van der Waals surface area (Å²) in [7, 11) is 0. The van der Waals surface area contributed by atoms with E-state index in [2.05, 4.69) is 4.98 Å². The van der Waals surface area contributed by atoms with Crippen molar-refractivity contribution in [3.05, 3.63) is 45.5 Å². The number of halogens is 3. The molecule has 3 N–H and O–H groups in total. The predicted molar refractivity (Wildman–Crippen MR) is 138 cm³/mol. The van der Waals surface area contributed by atoms with Gasteiger partial charge < -0.3 is 20.1 Å². The smallest absolute Gasteiger partial charge is 0.412 e. The number of carbonyl (C=O) groups is 2. The number of thiazole rings is 1. The average Bonchev–Trinajstić information content (AvgIpc) is 3.29. The summed E-state index contributed by atoms with van der Waals surface area (Å²) >= 11 is 1.21. The number of ketones is 1. The molecule has 0 saturated carbocycles. The number of ether oxygens (including phenoxy) is 1. The molecule has 0 fully saturated rings. The van der Waals surface area contributed by atoms with Crippen molar-refractivity contribution in [1.29, 1.82) is 0 Å². The Hall–Kier alpha value is -2.34. The van der Waals surface area contributed by atoms with Gasteiger partial charge in [-0.15, -0.1) is 11.3 Å². The van der Waals surface area contributed by atoms with E-state index >= 15 is 0 Å². The molecule has 0 spiro atoms. The van der Waals surface area contributed by atoms with Gasteiger partial charge in [-0.05, 0) is 25.0 Å². The van der Waals surface area contributed by atoms with E-state index in [0.717, 1.165) is 6.08 Å². The van der Waals surface area contributed by atoms with Crippen LogP contribution in [0.2, 0.25) is 0 Å². The number of hydrogen-bond donors (Lipinski definition) is 3. The number of rotatable bonds is 3. The topological polar surface area (TPSA) is 117 Å². The second kappa shape index (κ2) is 13.1. The lowest BCUT2D eigenvalue weighted by molar-refractivity contribution is -0.154. The van der Waals surface area contributed by atoms with Gasteiger partial charge in [-0.3, -0.25) is 9.59 Å². The monoisotopic (exact) mass is 559 g/mol.